The second-order valence-electron chi connectivity index (χ2n) is 9.47. The van der Waals surface area contributed by atoms with Gasteiger partial charge >= 0.3 is 5.97 Å². The first-order valence-corrected chi connectivity index (χ1v) is 13.6. The fourth-order valence-electron chi connectivity index (χ4n) is 5.45. The summed E-state index contributed by atoms with van der Waals surface area (Å²) in [6, 6.07) is 7.82. The van der Waals surface area contributed by atoms with E-state index in [1.165, 1.54) is 17.0 Å². The van der Waals surface area contributed by atoms with Gasteiger partial charge in [-0.25, -0.2) is 0 Å². The van der Waals surface area contributed by atoms with E-state index in [1.54, 1.807) is 31.3 Å². The van der Waals surface area contributed by atoms with E-state index in [1.807, 2.05) is 11.8 Å². The van der Waals surface area contributed by atoms with Crippen molar-refractivity contribution in [3.63, 3.8) is 0 Å². The molecule has 0 radical (unpaired) electrons. The highest BCUT2D eigenvalue weighted by atomic mass is 35.5. The molecule has 2 heterocycles. The molecular formula is C27H27Cl4N3O4. The molecule has 0 saturated carbocycles. The molecule has 202 valence electrons. The Kier molecular flexibility index (Phi) is 8.65. The highest BCUT2D eigenvalue weighted by Crippen LogP contribution is 2.52. The van der Waals surface area contributed by atoms with Crippen molar-refractivity contribution in [2.24, 2.45) is 5.92 Å². The number of likely N-dealkylation sites (tertiary alicyclic amines) is 1. The zero-order valence-corrected chi connectivity index (χ0v) is 23.9. The zero-order valence-electron chi connectivity index (χ0n) is 20.9. The SMILES string of the molecule is C=CCOC(=O)[C@@H](CC(=O)N(C)c1cc(Cl)cc(Cl)c1)C1(N2CCC[C@@H]2C)C(=O)Nc2c(Cl)cc(Cl)cc21. The second kappa shape index (κ2) is 11.4. The molecule has 0 aromatic heterocycles. The number of hydrogen-bond donors (Lipinski definition) is 1. The smallest absolute Gasteiger partial charge is 0.312 e. The van der Waals surface area contributed by atoms with Gasteiger partial charge in [-0.05, 0) is 56.6 Å². The summed E-state index contributed by atoms with van der Waals surface area (Å²) in [6.07, 6.45) is 2.69. The van der Waals surface area contributed by atoms with Crippen LogP contribution in [0.4, 0.5) is 11.4 Å². The standard InChI is InChI=1S/C27H27Cl4N3O4/c1-4-8-38-25(36)21(14-23(35)33(3)19-10-16(28)9-17(29)11-19)27(34-7-5-6-15(34)2)20-12-18(30)13-22(31)24(20)32-26(27)37/h4,9-13,15,21H,1,5-8,14H2,2-3H3,(H,32,37)/t15-,21+,27?/m0/s1. The molecule has 2 aliphatic heterocycles. The number of ether oxygens (including phenoxy) is 1. The van der Waals surface area contributed by atoms with Gasteiger partial charge in [0.05, 0.1) is 16.6 Å². The third kappa shape index (κ3) is 5.15. The van der Waals surface area contributed by atoms with E-state index in [4.69, 9.17) is 51.1 Å². The van der Waals surface area contributed by atoms with E-state index in [2.05, 4.69) is 11.9 Å². The van der Waals surface area contributed by atoms with Crippen molar-refractivity contribution in [2.75, 3.05) is 30.4 Å². The first-order chi connectivity index (χ1) is 18.0. The van der Waals surface area contributed by atoms with Crippen LogP contribution in [0.25, 0.3) is 0 Å². The fraction of sp³-hybridized carbons (Fsp3) is 0.370. The molecule has 4 rings (SSSR count). The van der Waals surface area contributed by atoms with Gasteiger partial charge in [-0.15, -0.1) is 0 Å². The van der Waals surface area contributed by atoms with Gasteiger partial charge in [0, 0.05) is 45.8 Å². The molecule has 3 atom stereocenters. The average Bonchev–Trinajstić information content (AvgIpc) is 3.40. The first kappa shape index (κ1) is 28.7. The predicted octanol–water partition coefficient (Wildman–Crippen LogP) is 6.33. The summed E-state index contributed by atoms with van der Waals surface area (Å²) >= 11 is 25.2. The highest BCUT2D eigenvalue weighted by molar-refractivity contribution is 6.38. The Morgan fingerprint density at radius 2 is 1.84 bits per heavy atom. The number of carbonyl (C=O) groups is 3. The molecule has 0 aliphatic carbocycles. The summed E-state index contributed by atoms with van der Waals surface area (Å²) in [5, 5.41) is 4.11. The largest absolute Gasteiger partial charge is 0.461 e. The predicted molar refractivity (Wildman–Crippen MR) is 151 cm³/mol. The van der Waals surface area contributed by atoms with Crippen LogP contribution >= 0.6 is 46.4 Å². The van der Waals surface area contributed by atoms with Crippen LogP contribution < -0.4 is 10.2 Å². The van der Waals surface area contributed by atoms with E-state index < -0.39 is 29.2 Å². The van der Waals surface area contributed by atoms with Crippen LogP contribution in [-0.4, -0.2) is 48.9 Å². The summed E-state index contributed by atoms with van der Waals surface area (Å²) in [5.41, 5.74) is -0.336. The lowest BCUT2D eigenvalue weighted by atomic mass is 9.74. The van der Waals surface area contributed by atoms with Crippen molar-refractivity contribution < 1.29 is 19.1 Å². The number of nitrogens with one attached hydrogen (secondary N) is 1. The number of carbonyl (C=O) groups excluding carboxylic acids is 3. The fourth-order valence-corrected chi connectivity index (χ4v) is 6.51. The van der Waals surface area contributed by atoms with Gasteiger partial charge in [0.25, 0.3) is 5.91 Å². The van der Waals surface area contributed by atoms with Crippen molar-refractivity contribution in [3.05, 3.63) is 68.6 Å². The lowest BCUT2D eigenvalue weighted by molar-refractivity contribution is -0.160. The number of nitrogens with zero attached hydrogens (tertiary/aromatic N) is 2. The number of hydrogen-bond acceptors (Lipinski definition) is 5. The minimum Gasteiger partial charge on any atom is -0.461 e. The summed E-state index contributed by atoms with van der Waals surface area (Å²) in [4.78, 5) is 44.8. The summed E-state index contributed by atoms with van der Waals surface area (Å²) in [6.45, 7) is 6.04. The molecule has 1 N–H and O–H groups in total. The molecule has 0 bridgehead atoms. The van der Waals surface area contributed by atoms with Crippen molar-refractivity contribution in [1.82, 2.24) is 4.90 Å². The molecule has 2 aromatic rings. The van der Waals surface area contributed by atoms with Crippen molar-refractivity contribution in [2.45, 2.75) is 37.8 Å². The van der Waals surface area contributed by atoms with E-state index in [0.29, 0.717) is 38.6 Å². The molecule has 2 amide bonds. The van der Waals surface area contributed by atoms with Crippen LogP contribution in [0, 0.1) is 5.92 Å². The van der Waals surface area contributed by atoms with Crippen molar-refractivity contribution in [3.8, 4) is 0 Å². The molecule has 1 fully saturated rings. The van der Waals surface area contributed by atoms with Crippen LogP contribution in [0.2, 0.25) is 20.1 Å². The maximum atomic E-state index is 14.0. The maximum absolute atomic E-state index is 14.0. The van der Waals surface area contributed by atoms with Gasteiger partial charge < -0.3 is 15.0 Å². The number of amides is 2. The Bertz CT molecular complexity index is 1280. The second-order valence-corrected chi connectivity index (χ2v) is 11.2. The topological polar surface area (TPSA) is 79.0 Å². The van der Waals surface area contributed by atoms with Gasteiger partial charge in [0.1, 0.15) is 12.1 Å². The Hall–Kier alpha value is -2.29. The summed E-state index contributed by atoms with van der Waals surface area (Å²) in [7, 11) is 1.55. The van der Waals surface area contributed by atoms with E-state index in [-0.39, 0.29) is 24.1 Å². The summed E-state index contributed by atoms with van der Waals surface area (Å²) in [5.74, 6) is -2.85. The average molecular weight is 599 g/mol. The van der Waals surface area contributed by atoms with Gasteiger partial charge in [-0.1, -0.05) is 59.1 Å². The van der Waals surface area contributed by atoms with E-state index in [0.717, 1.165) is 12.8 Å². The quantitative estimate of drug-likeness (QED) is 0.284. The van der Waals surface area contributed by atoms with Gasteiger partial charge in [-0.3, -0.25) is 19.3 Å². The van der Waals surface area contributed by atoms with Crippen molar-refractivity contribution >= 4 is 75.6 Å². The first-order valence-electron chi connectivity index (χ1n) is 12.1. The third-order valence-corrected chi connectivity index (χ3v) is 8.13. The Morgan fingerprint density at radius 1 is 1.18 bits per heavy atom. The maximum Gasteiger partial charge on any atom is 0.312 e. The molecule has 1 unspecified atom stereocenters. The molecular weight excluding hydrogens is 572 g/mol. The highest BCUT2D eigenvalue weighted by Gasteiger charge is 2.61. The minimum absolute atomic E-state index is 0.0706. The molecule has 0 spiro atoms. The van der Waals surface area contributed by atoms with Crippen LogP contribution in [-0.2, 0) is 24.7 Å². The lowest BCUT2D eigenvalue weighted by Crippen LogP contribution is -2.60. The number of halogens is 4. The molecule has 2 aliphatic rings. The lowest BCUT2D eigenvalue weighted by Gasteiger charge is -2.44. The van der Waals surface area contributed by atoms with Gasteiger partial charge in [-0.2, -0.15) is 0 Å². The number of fused-ring (bicyclic) bond motifs is 1. The Morgan fingerprint density at radius 3 is 2.45 bits per heavy atom. The van der Waals surface area contributed by atoms with Crippen LogP contribution in [0.15, 0.2) is 43.0 Å². The molecule has 1 saturated heterocycles. The van der Waals surface area contributed by atoms with Crippen molar-refractivity contribution in [1.29, 1.82) is 0 Å². The molecule has 2 aromatic carbocycles. The number of rotatable bonds is 8. The zero-order chi connectivity index (χ0) is 27.8. The molecule has 38 heavy (non-hydrogen) atoms. The third-order valence-electron chi connectivity index (χ3n) is 7.18. The summed E-state index contributed by atoms with van der Waals surface area (Å²) < 4.78 is 5.49. The van der Waals surface area contributed by atoms with Gasteiger partial charge in [0.15, 0.2) is 0 Å². The number of anilines is 2. The minimum atomic E-state index is -1.58. The molecule has 7 nitrogen and oxygen atoms in total. The number of benzene rings is 2. The monoisotopic (exact) mass is 597 g/mol. The van der Waals surface area contributed by atoms with E-state index in [9.17, 15) is 14.4 Å². The van der Waals surface area contributed by atoms with Gasteiger partial charge in [0.2, 0.25) is 5.91 Å². The van der Waals surface area contributed by atoms with Crippen LogP contribution in [0.3, 0.4) is 0 Å². The Balaban J connectivity index is 1.87. The normalized spacial score (nSPS) is 21.5. The molecule has 11 heteroatoms. The van der Waals surface area contributed by atoms with Crippen LogP contribution in [0.1, 0.15) is 31.7 Å². The van der Waals surface area contributed by atoms with Crippen LogP contribution in [0.5, 0.6) is 0 Å². The number of esters is 1. The Labute approximate surface area is 241 Å². The van der Waals surface area contributed by atoms with E-state index >= 15 is 0 Å².